The van der Waals surface area contributed by atoms with Crippen LogP contribution < -0.4 is 9.47 Å². The molecule has 0 saturated carbocycles. The van der Waals surface area contributed by atoms with Crippen LogP contribution in [-0.4, -0.2) is 28.3 Å². The summed E-state index contributed by atoms with van der Waals surface area (Å²) < 4.78 is 11.0. The van der Waals surface area contributed by atoms with Gasteiger partial charge < -0.3 is 19.6 Å². The Bertz CT molecular complexity index is 578. The molecule has 0 aliphatic carbocycles. The maximum atomic E-state index is 9.08. The monoisotopic (exact) mass is 246 g/mol. The number of aliphatic hydroxyl groups is 1. The second-order valence-electron chi connectivity index (χ2n) is 4.17. The molecule has 0 unspecified atom stereocenters. The lowest BCUT2D eigenvalue weighted by atomic mass is 10.1. The Kier molecular flexibility index (Phi) is 2.68. The molecule has 1 aromatic heterocycles. The lowest BCUT2D eigenvalue weighted by molar-refractivity contribution is 0.171. The smallest absolute Gasteiger partial charge is 0.162 e. The lowest BCUT2D eigenvalue weighted by Crippen LogP contribution is -2.15. The van der Waals surface area contributed by atoms with Gasteiger partial charge in [-0.2, -0.15) is 0 Å². The predicted molar refractivity (Wildman–Crippen MR) is 65.7 cm³/mol. The molecule has 2 heterocycles. The van der Waals surface area contributed by atoms with Crippen LogP contribution in [0.15, 0.2) is 18.2 Å². The van der Waals surface area contributed by atoms with Gasteiger partial charge in [0.2, 0.25) is 0 Å². The number of aromatic amines is 1. The first-order valence-corrected chi connectivity index (χ1v) is 5.84. The van der Waals surface area contributed by atoms with Crippen molar-refractivity contribution in [2.24, 2.45) is 0 Å². The summed E-state index contributed by atoms with van der Waals surface area (Å²) in [5.74, 6) is 2.07. The Morgan fingerprint density at radius 1 is 1.28 bits per heavy atom. The number of imidazole rings is 1. The van der Waals surface area contributed by atoms with Gasteiger partial charge in [0.05, 0.1) is 5.69 Å². The Hall–Kier alpha value is -2.01. The summed E-state index contributed by atoms with van der Waals surface area (Å²) in [6, 6.07) is 5.74. The molecule has 3 rings (SSSR count). The third kappa shape index (κ3) is 1.82. The molecule has 5 heteroatoms. The molecule has 1 aliphatic heterocycles. The third-order valence-electron chi connectivity index (χ3n) is 2.90. The highest BCUT2D eigenvalue weighted by molar-refractivity contribution is 5.66. The third-order valence-corrected chi connectivity index (χ3v) is 2.90. The van der Waals surface area contributed by atoms with Gasteiger partial charge in [0.1, 0.15) is 25.6 Å². The predicted octanol–water partition coefficient (Wildman–Crippen LogP) is 1.65. The number of hydrogen-bond acceptors (Lipinski definition) is 4. The van der Waals surface area contributed by atoms with Crippen LogP contribution in [0.3, 0.4) is 0 Å². The maximum absolute atomic E-state index is 9.08. The number of nitrogens with zero attached hydrogens (tertiary/aromatic N) is 1. The van der Waals surface area contributed by atoms with E-state index >= 15 is 0 Å². The first-order chi connectivity index (χ1) is 8.78. The summed E-state index contributed by atoms with van der Waals surface area (Å²) in [5, 5.41) is 9.08. The SMILES string of the molecule is Cc1[nH]c(CO)nc1-c1ccc2c(c1)OCCO2. The highest BCUT2D eigenvalue weighted by atomic mass is 16.6. The summed E-state index contributed by atoms with van der Waals surface area (Å²) in [6.07, 6.45) is 0. The topological polar surface area (TPSA) is 67.4 Å². The maximum Gasteiger partial charge on any atom is 0.162 e. The van der Waals surface area contributed by atoms with Crippen molar-refractivity contribution in [3.8, 4) is 22.8 Å². The van der Waals surface area contributed by atoms with E-state index in [0.29, 0.717) is 19.0 Å². The van der Waals surface area contributed by atoms with Gasteiger partial charge in [0.15, 0.2) is 11.5 Å². The highest BCUT2D eigenvalue weighted by Crippen LogP contribution is 2.34. The minimum absolute atomic E-state index is 0.0919. The van der Waals surface area contributed by atoms with E-state index in [1.165, 1.54) is 0 Å². The fourth-order valence-electron chi connectivity index (χ4n) is 2.07. The molecular weight excluding hydrogens is 232 g/mol. The molecule has 1 aromatic carbocycles. The van der Waals surface area contributed by atoms with Gasteiger partial charge in [-0.05, 0) is 25.1 Å². The van der Waals surface area contributed by atoms with Crippen LogP contribution >= 0.6 is 0 Å². The number of fused-ring (bicyclic) bond motifs is 1. The van der Waals surface area contributed by atoms with Crippen LogP contribution in [0, 0.1) is 6.92 Å². The first kappa shape index (κ1) is 11.1. The molecule has 2 aromatic rings. The Balaban J connectivity index is 2.03. The molecule has 0 bridgehead atoms. The van der Waals surface area contributed by atoms with Crippen molar-refractivity contribution in [1.82, 2.24) is 9.97 Å². The molecule has 0 amide bonds. The van der Waals surface area contributed by atoms with Crippen molar-refractivity contribution < 1.29 is 14.6 Å². The van der Waals surface area contributed by atoms with Gasteiger partial charge in [-0.3, -0.25) is 0 Å². The summed E-state index contributed by atoms with van der Waals surface area (Å²) in [5.41, 5.74) is 2.71. The fraction of sp³-hybridized carbons (Fsp3) is 0.308. The van der Waals surface area contributed by atoms with Crippen LogP contribution in [0.25, 0.3) is 11.3 Å². The van der Waals surface area contributed by atoms with Gasteiger partial charge >= 0.3 is 0 Å². The van der Waals surface area contributed by atoms with Gasteiger partial charge in [-0.25, -0.2) is 4.98 Å². The van der Waals surface area contributed by atoms with Crippen LogP contribution in [0.5, 0.6) is 11.5 Å². The molecule has 0 radical (unpaired) electrons. The largest absolute Gasteiger partial charge is 0.486 e. The fourth-order valence-corrected chi connectivity index (χ4v) is 2.07. The summed E-state index contributed by atoms with van der Waals surface area (Å²) in [4.78, 5) is 7.39. The normalized spacial score (nSPS) is 13.7. The van der Waals surface area contributed by atoms with Crippen LogP contribution in [0.2, 0.25) is 0 Å². The van der Waals surface area contributed by atoms with E-state index in [4.69, 9.17) is 14.6 Å². The number of ether oxygens (including phenoxy) is 2. The van der Waals surface area contributed by atoms with Crippen LogP contribution in [0.1, 0.15) is 11.5 Å². The molecule has 5 nitrogen and oxygen atoms in total. The zero-order chi connectivity index (χ0) is 12.5. The van der Waals surface area contributed by atoms with Crippen molar-refractivity contribution in [1.29, 1.82) is 0 Å². The van der Waals surface area contributed by atoms with E-state index in [-0.39, 0.29) is 6.61 Å². The van der Waals surface area contributed by atoms with Crippen molar-refractivity contribution in [3.05, 3.63) is 29.7 Å². The van der Waals surface area contributed by atoms with E-state index < -0.39 is 0 Å². The van der Waals surface area contributed by atoms with E-state index in [2.05, 4.69) is 9.97 Å². The molecule has 94 valence electrons. The van der Waals surface area contributed by atoms with Crippen molar-refractivity contribution in [2.45, 2.75) is 13.5 Å². The van der Waals surface area contributed by atoms with Gasteiger partial charge in [0, 0.05) is 11.3 Å². The molecular formula is C13H14N2O3. The lowest BCUT2D eigenvalue weighted by Gasteiger charge is -2.18. The number of benzene rings is 1. The number of hydrogen-bond donors (Lipinski definition) is 2. The number of aryl methyl sites for hydroxylation is 1. The quantitative estimate of drug-likeness (QED) is 0.845. The minimum atomic E-state index is -0.0919. The molecule has 2 N–H and O–H groups in total. The Labute approximate surface area is 104 Å². The first-order valence-electron chi connectivity index (χ1n) is 5.84. The zero-order valence-corrected chi connectivity index (χ0v) is 10.1. The number of H-pyrrole nitrogens is 1. The Morgan fingerprint density at radius 3 is 2.78 bits per heavy atom. The summed E-state index contributed by atoms with van der Waals surface area (Å²) >= 11 is 0. The summed E-state index contributed by atoms with van der Waals surface area (Å²) in [7, 11) is 0. The summed E-state index contributed by atoms with van der Waals surface area (Å²) in [6.45, 7) is 2.99. The van der Waals surface area contributed by atoms with Crippen molar-refractivity contribution >= 4 is 0 Å². The van der Waals surface area contributed by atoms with Crippen molar-refractivity contribution in [3.63, 3.8) is 0 Å². The van der Waals surface area contributed by atoms with Crippen LogP contribution in [0.4, 0.5) is 0 Å². The molecule has 0 atom stereocenters. The second kappa shape index (κ2) is 4.34. The molecule has 0 fully saturated rings. The number of aliphatic hydroxyl groups excluding tert-OH is 1. The standard InChI is InChI=1S/C13H14N2O3/c1-8-13(15-12(7-16)14-8)9-2-3-10-11(6-9)18-5-4-17-10/h2-3,6,16H,4-5,7H2,1H3,(H,14,15). The van der Waals surface area contributed by atoms with Gasteiger partial charge in [-0.15, -0.1) is 0 Å². The highest BCUT2D eigenvalue weighted by Gasteiger charge is 2.15. The van der Waals surface area contributed by atoms with E-state index in [0.717, 1.165) is 28.5 Å². The number of rotatable bonds is 2. The van der Waals surface area contributed by atoms with Crippen molar-refractivity contribution in [2.75, 3.05) is 13.2 Å². The average molecular weight is 246 g/mol. The molecule has 0 spiro atoms. The van der Waals surface area contributed by atoms with E-state index in [1.807, 2.05) is 25.1 Å². The number of nitrogens with one attached hydrogen (secondary N) is 1. The second-order valence-corrected chi connectivity index (χ2v) is 4.17. The molecule has 0 saturated heterocycles. The number of aromatic nitrogens is 2. The van der Waals surface area contributed by atoms with Gasteiger partial charge in [-0.1, -0.05) is 0 Å². The van der Waals surface area contributed by atoms with E-state index in [9.17, 15) is 0 Å². The van der Waals surface area contributed by atoms with Gasteiger partial charge in [0.25, 0.3) is 0 Å². The molecule has 18 heavy (non-hydrogen) atoms. The zero-order valence-electron chi connectivity index (χ0n) is 10.1. The van der Waals surface area contributed by atoms with Crippen LogP contribution in [-0.2, 0) is 6.61 Å². The molecule has 1 aliphatic rings. The minimum Gasteiger partial charge on any atom is -0.486 e. The Morgan fingerprint density at radius 2 is 2.06 bits per heavy atom. The average Bonchev–Trinajstić information content (AvgIpc) is 2.79. The van der Waals surface area contributed by atoms with E-state index in [1.54, 1.807) is 0 Å².